The average Bonchev–Trinajstić information content (AvgIpc) is 2.37. The van der Waals surface area contributed by atoms with Crippen LogP contribution < -0.4 is 4.74 Å². The largest absolute Gasteiger partial charge is 0.497 e. The molecule has 0 bridgehead atoms. The van der Waals surface area contributed by atoms with Crippen molar-refractivity contribution in [2.45, 2.75) is 5.38 Å². The van der Waals surface area contributed by atoms with Crippen molar-refractivity contribution in [3.8, 4) is 5.75 Å². The minimum atomic E-state index is -0.668. The fraction of sp³-hybridized carbons (Fsp3) is 0.143. The highest BCUT2D eigenvalue weighted by atomic mass is 127. The van der Waals surface area contributed by atoms with Gasteiger partial charge in [0.05, 0.1) is 12.5 Å². The summed E-state index contributed by atoms with van der Waals surface area (Å²) in [6.07, 6.45) is 0. The molecule has 2 aromatic rings. The number of halogens is 4. The third kappa shape index (κ3) is 3.17. The van der Waals surface area contributed by atoms with Gasteiger partial charge in [0, 0.05) is 15.2 Å². The maximum absolute atomic E-state index is 13.9. The second-order valence-corrected chi connectivity index (χ2v) is 5.51. The molecule has 0 aliphatic rings. The predicted octanol–water partition coefficient (Wildman–Crippen LogP) is 4.91. The summed E-state index contributed by atoms with van der Waals surface area (Å²) in [5, 5.41) is -0.668. The molecule has 0 aromatic heterocycles. The standard InChI is InChI=1S/C14H10ClF2IO/c1-19-9-3-5-10(12(17)7-9)14(15)11-4-2-8(16)6-13(11)18/h2-7,14H,1H3. The van der Waals surface area contributed by atoms with Crippen LogP contribution in [-0.2, 0) is 0 Å². The topological polar surface area (TPSA) is 9.23 Å². The van der Waals surface area contributed by atoms with E-state index >= 15 is 0 Å². The average molecular weight is 395 g/mol. The molecular weight excluding hydrogens is 385 g/mol. The first-order valence-electron chi connectivity index (χ1n) is 5.45. The van der Waals surface area contributed by atoms with Crippen LogP contribution in [0.15, 0.2) is 36.4 Å². The molecule has 2 aromatic carbocycles. The lowest BCUT2D eigenvalue weighted by atomic mass is 10.0. The third-order valence-electron chi connectivity index (χ3n) is 2.72. The molecule has 0 saturated heterocycles. The Labute approximate surface area is 128 Å². The van der Waals surface area contributed by atoms with E-state index in [2.05, 4.69) is 0 Å². The van der Waals surface area contributed by atoms with Gasteiger partial charge in [-0.15, -0.1) is 11.6 Å². The van der Waals surface area contributed by atoms with Crippen molar-refractivity contribution < 1.29 is 13.5 Å². The van der Waals surface area contributed by atoms with Crippen molar-refractivity contribution in [3.63, 3.8) is 0 Å². The van der Waals surface area contributed by atoms with Crippen LogP contribution in [0.2, 0.25) is 0 Å². The molecule has 0 aliphatic heterocycles. The van der Waals surface area contributed by atoms with Crippen LogP contribution in [0.25, 0.3) is 0 Å². The van der Waals surface area contributed by atoms with Crippen molar-refractivity contribution >= 4 is 34.2 Å². The summed E-state index contributed by atoms with van der Waals surface area (Å²) in [5.41, 5.74) is 1.01. The molecule has 2 rings (SSSR count). The van der Waals surface area contributed by atoms with E-state index in [1.807, 2.05) is 22.6 Å². The molecule has 0 aliphatic carbocycles. The van der Waals surface area contributed by atoms with E-state index in [-0.39, 0.29) is 5.82 Å². The molecule has 0 radical (unpaired) electrons. The molecule has 0 N–H and O–H groups in total. The first kappa shape index (κ1) is 14.5. The molecule has 0 spiro atoms. The van der Waals surface area contributed by atoms with E-state index in [1.165, 1.54) is 25.3 Å². The highest BCUT2D eigenvalue weighted by Crippen LogP contribution is 2.34. The van der Waals surface area contributed by atoms with Crippen LogP contribution in [0, 0.1) is 15.2 Å². The number of hydrogen-bond donors (Lipinski definition) is 0. The summed E-state index contributed by atoms with van der Waals surface area (Å²) in [6.45, 7) is 0. The minimum Gasteiger partial charge on any atom is -0.497 e. The van der Waals surface area contributed by atoms with E-state index in [9.17, 15) is 8.78 Å². The summed E-state index contributed by atoms with van der Waals surface area (Å²) >= 11 is 8.26. The van der Waals surface area contributed by atoms with Crippen LogP contribution in [-0.4, -0.2) is 7.11 Å². The molecule has 1 nitrogen and oxygen atoms in total. The molecule has 1 unspecified atom stereocenters. The van der Waals surface area contributed by atoms with Gasteiger partial charge in [0.2, 0.25) is 0 Å². The maximum atomic E-state index is 13.9. The van der Waals surface area contributed by atoms with Gasteiger partial charge in [0.25, 0.3) is 0 Å². The summed E-state index contributed by atoms with van der Waals surface area (Å²) in [4.78, 5) is 0. The molecule has 19 heavy (non-hydrogen) atoms. The Morgan fingerprint density at radius 3 is 2.37 bits per heavy atom. The number of methoxy groups -OCH3 is 1. The Bertz CT molecular complexity index is 604. The number of rotatable bonds is 3. The van der Waals surface area contributed by atoms with Gasteiger partial charge in [-0.05, 0) is 46.4 Å². The lowest BCUT2D eigenvalue weighted by molar-refractivity contribution is 0.410. The van der Waals surface area contributed by atoms with Gasteiger partial charge in [-0.1, -0.05) is 12.1 Å². The van der Waals surface area contributed by atoms with E-state index in [4.69, 9.17) is 16.3 Å². The second-order valence-electron chi connectivity index (χ2n) is 3.92. The molecule has 0 heterocycles. The fourth-order valence-corrected chi connectivity index (χ4v) is 3.05. The Morgan fingerprint density at radius 2 is 1.79 bits per heavy atom. The summed E-state index contributed by atoms with van der Waals surface area (Å²) in [6, 6.07) is 8.75. The van der Waals surface area contributed by atoms with E-state index in [0.717, 1.165) is 0 Å². The van der Waals surface area contributed by atoms with Crippen molar-refractivity contribution in [2.24, 2.45) is 0 Å². The zero-order valence-corrected chi connectivity index (χ0v) is 12.9. The predicted molar refractivity (Wildman–Crippen MR) is 79.8 cm³/mol. The Hall–Kier alpha value is -0.880. The second kappa shape index (κ2) is 6.05. The number of ether oxygens (including phenoxy) is 1. The van der Waals surface area contributed by atoms with Crippen molar-refractivity contribution in [2.75, 3.05) is 7.11 Å². The van der Waals surface area contributed by atoms with Crippen LogP contribution in [0.1, 0.15) is 16.5 Å². The highest BCUT2D eigenvalue weighted by Gasteiger charge is 2.18. The number of alkyl halides is 1. The summed E-state index contributed by atoms with van der Waals surface area (Å²) in [7, 11) is 1.47. The summed E-state index contributed by atoms with van der Waals surface area (Å²) in [5.74, 6) is -0.356. The number of hydrogen-bond acceptors (Lipinski definition) is 1. The molecule has 5 heteroatoms. The van der Waals surface area contributed by atoms with Gasteiger partial charge in [0.15, 0.2) is 0 Å². The maximum Gasteiger partial charge on any atom is 0.131 e. The monoisotopic (exact) mass is 394 g/mol. The molecule has 100 valence electrons. The van der Waals surface area contributed by atoms with Crippen molar-refractivity contribution in [1.29, 1.82) is 0 Å². The fourth-order valence-electron chi connectivity index (χ4n) is 1.71. The summed E-state index contributed by atoms with van der Waals surface area (Å²) < 4.78 is 32.6. The van der Waals surface area contributed by atoms with Gasteiger partial charge in [-0.2, -0.15) is 0 Å². The van der Waals surface area contributed by atoms with Crippen LogP contribution in [0.4, 0.5) is 8.78 Å². The van der Waals surface area contributed by atoms with Gasteiger partial charge in [-0.25, -0.2) is 8.78 Å². The Balaban J connectivity index is 2.41. The minimum absolute atomic E-state index is 0.340. The number of benzene rings is 2. The van der Waals surface area contributed by atoms with Gasteiger partial charge in [-0.3, -0.25) is 0 Å². The molecule has 0 amide bonds. The van der Waals surface area contributed by atoms with Crippen molar-refractivity contribution in [1.82, 2.24) is 0 Å². The SMILES string of the molecule is COc1ccc(C(Cl)c2ccc(F)cc2I)c(F)c1. The van der Waals surface area contributed by atoms with E-state index in [0.29, 0.717) is 20.4 Å². The lowest BCUT2D eigenvalue weighted by Crippen LogP contribution is -2.00. The van der Waals surface area contributed by atoms with E-state index < -0.39 is 11.2 Å². The van der Waals surface area contributed by atoms with E-state index in [1.54, 1.807) is 18.2 Å². The lowest BCUT2D eigenvalue weighted by Gasteiger charge is -2.14. The van der Waals surface area contributed by atoms with Crippen LogP contribution >= 0.6 is 34.2 Å². The molecule has 1 atom stereocenters. The van der Waals surface area contributed by atoms with Gasteiger partial charge in [0.1, 0.15) is 17.4 Å². The highest BCUT2D eigenvalue weighted by molar-refractivity contribution is 14.1. The van der Waals surface area contributed by atoms with Crippen LogP contribution in [0.3, 0.4) is 0 Å². The molecule has 0 fully saturated rings. The Kier molecular flexibility index (Phi) is 4.62. The zero-order valence-electron chi connectivity index (χ0n) is 9.96. The molecular formula is C14H10ClF2IO. The first-order chi connectivity index (χ1) is 9.02. The van der Waals surface area contributed by atoms with Gasteiger partial charge >= 0.3 is 0 Å². The molecule has 0 saturated carbocycles. The zero-order chi connectivity index (χ0) is 14.0. The first-order valence-corrected chi connectivity index (χ1v) is 6.97. The smallest absolute Gasteiger partial charge is 0.131 e. The van der Waals surface area contributed by atoms with Gasteiger partial charge < -0.3 is 4.74 Å². The van der Waals surface area contributed by atoms with Crippen molar-refractivity contribution in [3.05, 3.63) is 62.7 Å². The quantitative estimate of drug-likeness (QED) is 0.531. The van der Waals surface area contributed by atoms with Crippen LogP contribution in [0.5, 0.6) is 5.75 Å². The normalized spacial score (nSPS) is 12.3. The third-order valence-corrected chi connectivity index (χ3v) is 4.12. The Morgan fingerprint density at radius 1 is 1.11 bits per heavy atom.